The molecule has 7 heteroatoms. The van der Waals surface area contributed by atoms with Gasteiger partial charge in [0.25, 0.3) is 0 Å². The van der Waals surface area contributed by atoms with Gasteiger partial charge in [0.1, 0.15) is 23.5 Å². The predicted molar refractivity (Wildman–Crippen MR) is 138 cm³/mol. The van der Waals surface area contributed by atoms with Gasteiger partial charge in [0, 0.05) is 37.0 Å². The van der Waals surface area contributed by atoms with Crippen LogP contribution in [0.25, 0.3) is 11.1 Å². The van der Waals surface area contributed by atoms with E-state index in [1.807, 2.05) is 67.7 Å². The molecule has 180 valence electrons. The van der Waals surface area contributed by atoms with Crippen molar-refractivity contribution in [3.63, 3.8) is 0 Å². The Morgan fingerprint density at radius 3 is 2.60 bits per heavy atom. The van der Waals surface area contributed by atoms with E-state index in [2.05, 4.69) is 16.3 Å². The van der Waals surface area contributed by atoms with E-state index in [1.54, 1.807) is 11.8 Å². The van der Waals surface area contributed by atoms with Crippen LogP contribution >= 0.6 is 0 Å². The topological polar surface area (TPSA) is 74.8 Å². The number of hydrogen-bond acceptors (Lipinski definition) is 5. The van der Waals surface area contributed by atoms with Gasteiger partial charge in [-0.25, -0.2) is 9.78 Å². The fraction of sp³-hybridized carbons (Fsp3) is 0.321. The van der Waals surface area contributed by atoms with Crippen molar-refractivity contribution in [1.29, 1.82) is 0 Å². The quantitative estimate of drug-likeness (QED) is 0.542. The Labute approximate surface area is 205 Å². The number of aromatic nitrogens is 1. The highest BCUT2D eigenvalue weighted by molar-refractivity contribution is 6.03. The molecule has 2 aliphatic heterocycles. The normalized spacial score (nSPS) is 19.1. The summed E-state index contributed by atoms with van der Waals surface area (Å²) in [7, 11) is 0. The summed E-state index contributed by atoms with van der Waals surface area (Å²) in [6.07, 6.45) is 3.42. The van der Waals surface area contributed by atoms with E-state index in [9.17, 15) is 9.59 Å². The Balaban J connectivity index is 1.32. The van der Waals surface area contributed by atoms with Gasteiger partial charge < -0.3 is 19.7 Å². The maximum Gasteiger partial charge on any atom is 0.326 e. The first-order valence-corrected chi connectivity index (χ1v) is 12.1. The zero-order valence-electron chi connectivity index (χ0n) is 20.1. The number of para-hydroxylation sites is 1. The monoisotopic (exact) mass is 470 g/mol. The van der Waals surface area contributed by atoms with Gasteiger partial charge in [0.15, 0.2) is 0 Å². The molecule has 3 heterocycles. The van der Waals surface area contributed by atoms with Crippen LogP contribution in [-0.4, -0.2) is 42.5 Å². The number of ether oxygens (including phenoxy) is 1. The van der Waals surface area contributed by atoms with Crippen molar-refractivity contribution in [2.24, 2.45) is 5.92 Å². The van der Waals surface area contributed by atoms with E-state index < -0.39 is 0 Å². The summed E-state index contributed by atoms with van der Waals surface area (Å²) in [5.74, 6) is 2.28. The number of anilines is 3. The average molecular weight is 471 g/mol. The van der Waals surface area contributed by atoms with E-state index in [0.717, 1.165) is 47.8 Å². The molecule has 2 aliphatic rings. The van der Waals surface area contributed by atoms with Crippen LogP contribution in [0.4, 0.5) is 22.0 Å². The van der Waals surface area contributed by atoms with E-state index in [1.165, 1.54) is 0 Å². The lowest BCUT2D eigenvalue weighted by Gasteiger charge is -2.33. The third kappa shape index (κ3) is 5.14. The van der Waals surface area contributed by atoms with Crippen molar-refractivity contribution >= 4 is 29.0 Å². The van der Waals surface area contributed by atoms with Crippen LogP contribution in [-0.2, 0) is 4.79 Å². The number of rotatable bonds is 5. The first kappa shape index (κ1) is 22.9. The smallest absolute Gasteiger partial charge is 0.326 e. The highest BCUT2D eigenvalue weighted by atomic mass is 16.5. The molecule has 1 fully saturated rings. The molecule has 3 aromatic rings. The largest absolute Gasteiger partial charge is 0.487 e. The van der Waals surface area contributed by atoms with Crippen LogP contribution in [0.3, 0.4) is 0 Å². The molecule has 1 saturated heterocycles. The molecule has 7 nitrogen and oxygen atoms in total. The standard InChI is InChI=1S/C28H30N4O3/c1-19(33)14-21-12-13-31(18-21)27-11-9-23(16-29-27)22-8-10-25-26(15-22)35-20(2)17-32(25)28(34)30-24-6-4-3-5-7-24/h3-11,15-16,20-21H,12-14,17-18H2,1-2H3,(H,30,34). The number of nitrogens with one attached hydrogen (secondary N) is 1. The van der Waals surface area contributed by atoms with E-state index >= 15 is 0 Å². The van der Waals surface area contributed by atoms with Crippen molar-refractivity contribution < 1.29 is 14.3 Å². The number of hydrogen-bond donors (Lipinski definition) is 1. The van der Waals surface area contributed by atoms with E-state index in [-0.39, 0.29) is 17.9 Å². The van der Waals surface area contributed by atoms with Crippen LogP contribution in [0.2, 0.25) is 0 Å². The third-order valence-corrected chi connectivity index (χ3v) is 6.56. The molecule has 1 aromatic heterocycles. The molecule has 2 aromatic carbocycles. The van der Waals surface area contributed by atoms with Crippen LogP contribution in [0.5, 0.6) is 5.75 Å². The van der Waals surface area contributed by atoms with Crippen molar-refractivity contribution in [2.75, 3.05) is 34.8 Å². The second-order valence-corrected chi connectivity index (χ2v) is 9.43. The summed E-state index contributed by atoms with van der Waals surface area (Å²) in [6, 6.07) is 19.3. The van der Waals surface area contributed by atoms with Gasteiger partial charge in [-0.15, -0.1) is 0 Å². The molecule has 1 N–H and O–H groups in total. The molecule has 0 bridgehead atoms. The minimum Gasteiger partial charge on any atom is -0.487 e. The summed E-state index contributed by atoms with van der Waals surface area (Å²) in [5.41, 5.74) is 3.47. The maximum atomic E-state index is 13.0. The molecule has 0 spiro atoms. The first-order valence-electron chi connectivity index (χ1n) is 12.1. The molecule has 5 rings (SSSR count). The molecule has 0 saturated carbocycles. The summed E-state index contributed by atoms with van der Waals surface area (Å²) in [6.45, 7) is 5.90. The fourth-order valence-corrected chi connectivity index (χ4v) is 4.88. The van der Waals surface area contributed by atoms with Gasteiger partial charge >= 0.3 is 6.03 Å². The minimum absolute atomic E-state index is 0.127. The lowest BCUT2D eigenvalue weighted by molar-refractivity contribution is -0.117. The molecule has 0 aliphatic carbocycles. The van der Waals surface area contributed by atoms with Crippen molar-refractivity contribution in [1.82, 2.24) is 4.98 Å². The number of urea groups is 1. The highest BCUT2D eigenvalue weighted by Crippen LogP contribution is 2.37. The Bertz CT molecular complexity index is 1210. The van der Waals surface area contributed by atoms with Crippen molar-refractivity contribution in [3.05, 3.63) is 66.9 Å². The maximum absolute atomic E-state index is 13.0. The molecular weight excluding hydrogens is 440 g/mol. The van der Waals surface area contributed by atoms with Gasteiger partial charge in [0.05, 0.1) is 12.2 Å². The van der Waals surface area contributed by atoms with Crippen LogP contribution in [0, 0.1) is 5.92 Å². The number of nitrogens with zero attached hydrogens (tertiary/aromatic N) is 3. The molecule has 2 unspecified atom stereocenters. The summed E-state index contributed by atoms with van der Waals surface area (Å²) >= 11 is 0. The molecule has 0 radical (unpaired) electrons. The van der Waals surface area contributed by atoms with Gasteiger partial charge in [0.2, 0.25) is 0 Å². The van der Waals surface area contributed by atoms with Gasteiger partial charge in [-0.05, 0) is 68.1 Å². The van der Waals surface area contributed by atoms with Crippen molar-refractivity contribution in [3.8, 4) is 16.9 Å². The van der Waals surface area contributed by atoms with Gasteiger partial charge in [-0.2, -0.15) is 0 Å². The summed E-state index contributed by atoms with van der Waals surface area (Å²) < 4.78 is 6.10. The second-order valence-electron chi connectivity index (χ2n) is 9.43. The lowest BCUT2D eigenvalue weighted by Crippen LogP contribution is -2.44. The number of fused-ring (bicyclic) bond motifs is 1. The fourth-order valence-electron chi connectivity index (χ4n) is 4.88. The molecule has 2 atom stereocenters. The van der Waals surface area contributed by atoms with Gasteiger partial charge in [-0.3, -0.25) is 4.90 Å². The van der Waals surface area contributed by atoms with Gasteiger partial charge in [-0.1, -0.05) is 24.3 Å². The third-order valence-electron chi connectivity index (χ3n) is 6.56. The van der Waals surface area contributed by atoms with Crippen LogP contribution in [0.1, 0.15) is 26.7 Å². The Hall–Kier alpha value is -3.87. The number of Topliss-reactive ketones (excluding diaryl/α,β-unsaturated/α-hetero) is 1. The Morgan fingerprint density at radius 1 is 1.06 bits per heavy atom. The van der Waals surface area contributed by atoms with Crippen LogP contribution in [0.15, 0.2) is 66.9 Å². The van der Waals surface area contributed by atoms with Crippen molar-refractivity contribution in [2.45, 2.75) is 32.8 Å². The molecule has 35 heavy (non-hydrogen) atoms. The number of pyridine rings is 1. The number of amides is 2. The number of benzene rings is 2. The van der Waals surface area contributed by atoms with E-state index in [4.69, 9.17) is 9.72 Å². The summed E-state index contributed by atoms with van der Waals surface area (Å²) in [4.78, 5) is 33.1. The number of carbonyl (C=O) groups excluding carboxylic acids is 2. The minimum atomic E-state index is -0.181. The number of carbonyl (C=O) groups is 2. The van der Waals surface area contributed by atoms with E-state index in [0.29, 0.717) is 24.6 Å². The zero-order chi connectivity index (χ0) is 24.4. The zero-order valence-corrected chi connectivity index (χ0v) is 20.1. The van der Waals surface area contributed by atoms with Crippen LogP contribution < -0.4 is 19.9 Å². The Morgan fingerprint density at radius 2 is 1.86 bits per heavy atom. The molecule has 2 amide bonds. The first-order chi connectivity index (χ1) is 17.0. The highest BCUT2D eigenvalue weighted by Gasteiger charge is 2.28. The second kappa shape index (κ2) is 9.78. The molecular formula is C28H30N4O3. The average Bonchev–Trinajstić information content (AvgIpc) is 3.31. The lowest BCUT2D eigenvalue weighted by atomic mass is 10.0. The summed E-state index contributed by atoms with van der Waals surface area (Å²) in [5, 5.41) is 2.96. The number of ketones is 1. The predicted octanol–water partition coefficient (Wildman–Crippen LogP) is 5.37. The SMILES string of the molecule is CC(=O)CC1CCN(c2ccc(-c3ccc4c(c3)OC(C)CN4C(=O)Nc3ccccc3)cn2)C1. The Kier molecular flexibility index (Phi) is 6.40.